The number of nitrogens with zero attached hydrogens (tertiary/aromatic N) is 3. The van der Waals surface area contributed by atoms with Crippen LogP contribution >= 0.6 is 11.8 Å². The Balaban J connectivity index is 1.97. The molecule has 23 heavy (non-hydrogen) atoms. The van der Waals surface area contributed by atoms with Gasteiger partial charge in [0.25, 0.3) is 0 Å². The third-order valence-corrected chi connectivity index (χ3v) is 4.42. The molecule has 0 aliphatic carbocycles. The van der Waals surface area contributed by atoms with Crippen LogP contribution in [0.3, 0.4) is 0 Å². The molecule has 2 rings (SSSR count). The van der Waals surface area contributed by atoms with E-state index >= 15 is 0 Å². The van der Waals surface area contributed by atoms with Gasteiger partial charge in [-0.1, -0.05) is 25.1 Å². The van der Waals surface area contributed by atoms with Gasteiger partial charge < -0.3 is 9.88 Å². The Hall–Kier alpha value is -1.89. The molecule has 0 bridgehead atoms. The van der Waals surface area contributed by atoms with E-state index in [0.717, 1.165) is 18.4 Å². The SMILES string of the molecule is CCCC(C)NC(=O)CSc1nnc(-c2ccc(F)cc2)n1C. The number of hydrogen-bond acceptors (Lipinski definition) is 4. The van der Waals surface area contributed by atoms with Gasteiger partial charge >= 0.3 is 0 Å². The van der Waals surface area contributed by atoms with Crippen molar-refractivity contribution in [1.82, 2.24) is 20.1 Å². The molecule has 1 N–H and O–H groups in total. The fourth-order valence-corrected chi connectivity index (χ4v) is 2.96. The maximum Gasteiger partial charge on any atom is 0.230 e. The Labute approximate surface area is 139 Å². The lowest BCUT2D eigenvalue weighted by molar-refractivity contribution is -0.119. The highest BCUT2D eigenvalue weighted by Gasteiger charge is 2.13. The van der Waals surface area contributed by atoms with Crippen molar-refractivity contribution in [3.8, 4) is 11.4 Å². The molecule has 0 aliphatic rings. The predicted octanol–water partition coefficient (Wildman–Crippen LogP) is 3.02. The van der Waals surface area contributed by atoms with Crippen LogP contribution in [0.4, 0.5) is 4.39 Å². The Morgan fingerprint density at radius 1 is 1.35 bits per heavy atom. The number of nitrogens with one attached hydrogen (secondary N) is 1. The maximum atomic E-state index is 13.0. The molecule has 7 heteroatoms. The second-order valence-electron chi connectivity index (χ2n) is 5.42. The van der Waals surface area contributed by atoms with Crippen LogP contribution in [0.15, 0.2) is 29.4 Å². The van der Waals surface area contributed by atoms with Crippen molar-refractivity contribution >= 4 is 17.7 Å². The Morgan fingerprint density at radius 2 is 2.04 bits per heavy atom. The summed E-state index contributed by atoms with van der Waals surface area (Å²) in [7, 11) is 1.83. The molecule has 1 atom stereocenters. The second kappa shape index (κ2) is 8.10. The summed E-state index contributed by atoms with van der Waals surface area (Å²) in [6, 6.07) is 6.28. The van der Waals surface area contributed by atoms with Gasteiger partial charge in [-0.05, 0) is 37.6 Å². The molecule has 1 aromatic heterocycles. The first-order valence-electron chi connectivity index (χ1n) is 7.58. The number of hydrogen-bond donors (Lipinski definition) is 1. The molecule has 0 aliphatic heterocycles. The summed E-state index contributed by atoms with van der Waals surface area (Å²) in [6.07, 6.45) is 2.01. The third-order valence-electron chi connectivity index (χ3n) is 3.40. The average Bonchev–Trinajstić information content (AvgIpc) is 2.87. The number of thioether (sulfide) groups is 1. The second-order valence-corrected chi connectivity index (χ2v) is 6.36. The van der Waals surface area contributed by atoms with Crippen LogP contribution in [0.5, 0.6) is 0 Å². The number of carbonyl (C=O) groups is 1. The lowest BCUT2D eigenvalue weighted by atomic mass is 10.2. The van der Waals surface area contributed by atoms with Crippen molar-refractivity contribution in [2.45, 2.75) is 37.9 Å². The van der Waals surface area contributed by atoms with Crippen molar-refractivity contribution in [2.75, 3.05) is 5.75 Å². The number of benzene rings is 1. The molecule has 0 fully saturated rings. The monoisotopic (exact) mass is 336 g/mol. The minimum Gasteiger partial charge on any atom is -0.353 e. The lowest BCUT2D eigenvalue weighted by Crippen LogP contribution is -2.33. The summed E-state index contributed by atoms with van der Waals surface area (Å²) >= 11 is 1.34. The standard InChI is InChI=1S/C16H21FN4OS/c1-4-5-11(2)18-14(22)10-23-16-20-19-15(21(16)3)12-6-8-13(17)9-7-12/h6-9,11H,4-5,10H2,1-3H3,(H,18,22). The van der Waals surface area contributed by atoms with Crippen LogP contribution in [0.25, 0.3) is 11.4 Å². The van der Waals surface area contributed by atoms with Gasteiger partial charge in [0, 0.05) is 18.7 Å². The van der Waals surface area contributed by atoms with Crippen LogP contribution in [-0.4, -0.2) is 32.5 Å². The van der Waals surface area contributed by atoms with E-state index in [1.165, 1.54) is 23.9 Å². The van der Waals surface area contributed by atoms with Crippen molar-refractivity contribution in [3.05, 3.63) is 30.1 Å². The van der Waals surface area contributed by atoms with Gasteiger partial charge in [0.2, 0.25) is 5.91 Å². The first-order valence-corrected chi connectivity index (χ1v) is 8.57. The van der Waals surface area contributed by atoms with Gasteiger partial charge in [0.1, 0.15) is 5.82 Å². The smallest absolute Gasteiger partial charge is 0.230 e. The zero-order valence-corrected chi connectivity index (χ0v) is 14.4. The normalized spacial score (nSPS) is 12.2. The van der Waals surface area contributed by atoms with Gasteiger partial charge in [-0.3, -0.25) is 4.79 Å². The summed E-state index contributed by atoms with van der Waals surface area (Å²) in [6.45, 7) is 4.09. The maximum absolute atomic E-state index is 13.0. The summed E-state index contributed by atoms with van der Waals surface area (Å²) in [5.41, 5.74) is 0.786. The summed E-state index contributed by atoms with van der Waals surface area (Å²) in [5, 5.41) is 11.8. The number of amides is 1. The summed E-state index contributed by atoms with van der Waals surface area (Å²) in [5.74, 6) is 0.640. The predicted molar refractivity (Wildman–Crippen MR) is 89.6 cm³/mol. The highest BCUT2D eigenvalue weighted by atomic mass is 32.2. The number of halogens is 1. The lowest BCUT2D eigenvalue weighted by Gasteiger charge is -2.12. The molecule has 5 nitrogen and oxygen atoms in total. The minimum absolute atomic E-state index is 0.0118. The van der Waals surface area contributed by atoms with E-state index in [9.17, 15) is 9.18 Å². The van der Waals surface area contributed by atoms with Gasteiger partial charge in [0.05, 0.1) is 5.75 Å². The Morgan fingerprint density at radius 3 is 2.70 bits per heavy atom. The molecule has 124 valence electrons. The molecular weight excluding hydrogens is 315 g/mol. The number of aromatic nitrogens is 3. The topological polar surface area (TPSA) is 59.8 Å². The molecule has 1 heterocycles. The number of rotatable bonds is 7. The fraction of sp³-hybridized carbons (Fsp3) is 0.438. The largest absolute Gasteiger partial charge is 0.353 e. The van der Waals surface area contributed by atoms with Crippen LogP contribution in [0.2, 0.25) is 0 Å². The molecular formula is C16H21FN4OS. The van der Waals surface area contributed by atoms with Gasteiger partial charge in [-0.25, -0.2) is 4.39 Å². The van der Waals surface area contributed by atoms with Crippen molar-refractivity contribution in [3.63, 3.8) is 0 Å². The third kappa shape index (κ3) is 4.79. The van der Waals surface area contributed by atoms with E-state index in [4.69, 9.17) is 0 Å². The van der Waals surface area contributed by atoms with Gasteiger partial charge in [0.15, 0.2) is 11.0 Å². The highest BCUT2D eigenvalue weighted by molar-refractivity contribution is 7.99. The summed E-state index contributed by atoms with van der Waals surface area (Å²) in [4.78, 5) is 11.9. The molecule has 1 aromatic carbocycles. The van der Waals surface area contributed by atoms with E-state index < -0.39 is 0 Å². The molecule has 0 radical (unpaired) electrons. The van der Waals surface area contributed by atoms with E-state index in [0.29, 0.717) is 16.7 Å². The van der Waals surface area contributed by atoms with Gasteiger partial charge in [-0.15, -0.1) is 10.2 Å². The highest BCUT2D eigenvalue weighted by Crippen LogP contribution is 2.22. The molecule has 0 saturated heterocycles. The van der Waals surface area contributed by atoms with E-state index in [1.54, 1.807) is 16.7 Å². The van der Waals surface area contributed by atoms with Crippen LogP contribution < -0.4 is 5.32 Å². The fourth-order valence-electron chi connectivity index (χ4n) is 2.24. The minimum atomic E-state index is -0.289. The molecule has 1 amide bonds. The summed E-state index contributed by atoms with van der Waals surface area (Å²) < 4.78 is 14.8. The first-order chi connectivity index (χ1) is 11.0. The van der Waals surface area contributed by atoms with Gasteiger partial charge in [-0.2, -0.15) is 0 Å². The van der Waals surface area contributed by atoms with Crippen LogP contribution in [0, 0.1) is 5.82 Å². The van der Waals surface area contributed by atoms with Crippen molar-refractivity contribution < 1.29 is 9.18 Å². The molecule has 0 spiro atoms. The Bertz CT molecular complexity index is 657. The molecule has 0 saturated carbocycles. The van der Waals surface area contributed by atoms with Crippen LogP contribution in [-0.2, 0) is 11.8 Å². The molecule has 2 aromatic rings. The average molecular weight is 336 g/mol. The number of carbonyl (C=O) groups excluding carboxylic acids is 1. The zero-order valence-electron chi connectivity index (χ0n) is 13.5. The van der Waals surface area contributed by atoms with E-state index in [-0.39, 0.29) is 17.8 Å². The van der Waals surface area contributed by atoms with Crippen molar-refractivity contribution in [2.24, 2.45) is 7.05 Å². The Kier molecular flexibility index (Phi) is 6.15. The van der Waals surface area contributed by atoms with Crippen LogP contribution in [0.1, 0.15) is 26.7 Å². The zero-order chi connectivity index (χ0) is 16.8. The van der Waals surface area contributed by atoms with E-state index in [2.05, 4.69) is 22.4 Å². The quantitative estimate of drug-likeness (QED) is 0.790. The first kappa shape index (κ1) is 17.5. The van der Waals surface area contributed by atoms with Crippen molar-refractivity contribution in [1.29, 1.82) is 0 Å². The van der Waals surface area contributed by atoms with E-state index in [1.807, 2.05) is 14.0 Å². The molecule has 1 unspecified atom stereocenters.